The molecule has 0 spiro atoms. The number of alkyl halides is 1. The molecule has 1 aliphatic heterocycles. The predicted octanol–water partition coefficient (Wildman–Crippen LogP) is 2.07. The molecule has 1 aliphatic rings. The first-order valence-electron chi connectivity index (χ1n) is 6.23. The van der Waals surface area contributed by atoms with Crippen molar-refractivity contribution >= 4 is 21.6 Å². The van der Waals surface area contributed by atoms with Crippen LogP contribution in [-0.4, -0.2) is 39.5 Å². The summed E-state index contributed by atoms with van der Waals surface area (Å²) in [6, 6.07) is 3.03. The summed E-state index contributed by atoms with van der Waals surface area (Å²) in [6.07, 6.45) is 1.97. The molecular formula is C12H18ClNO4S. The molecule has 1 unspecified atom stereocenters. The van der Waals surface area contributed by atoms with E-state index >= 15 is 0 Å². The van der Waals surface area contributed by atoms with E-state index < -0.39 is 10.0 Å². The van der Waals surface area contributed by atoms with E-state index in [2.05, 4.69) is 0 Å². The minimum Gasteiger partial charge on any atom is -0.447 e. The standard InChI is InChI=1S/C12H18ClNO4S/c1-14(8-10-3-2-6-17-9-10)19(15,16)12-5-4-11(7-13)18-12/h4-5,10H,2-3,6-9H2,1H3. The number of halogens is 1. The molecule has 1 fully saturated rings. The largest absolute Gasteiger partial charge is 0.447 e. The van der Waals surface area contributed by atoms with Crippen LogP contribution >= 0.6 is 11.6 Å². The molecule has 1 aromatic rings. The highest BCUT2D eigenvalue weighted by atomic mass is 35.5. The molecule has 2 rings (SSSR count). The van der Waals surface area contributed by atoms with Crippen LogP contribution in [0.1, 0.15) is 18.6 Å². The maximum Gasteiger partial charge on any atom is 0.276 e. The highest BCUT2D eigenvalue weighted by Gasteiger charge is 2.27. The molecule has 0 saturated carbocycles. The normalized spacial score (nSPS) is 20.9. The van der Waals surface area contributed by atoms with Gasteiger partial charge in [-0.05, 0) is 30.9 Å². The van der Waals surface area contributed by atoms with Gasteiger partial charge in [0.15, 0.2) is 0 Å². The molecule has 7 heteroatoms. The lowest BCUT2D eigenvalue weighted by Gasteiger charge is -2.26. The van der Waals surface area contributed by atoms with Crippen molar-refractivity contribution in [3.8, 4) is 0 Å². The average molecular weight is 308 g/mol. The molecule has 0 amide bonds. The zero-order valence-corrected chi connectivity index (χ0v) is 12.4. The van der Waals surface area contributed by atoms with Gasteiger partial charge in [-0.3, -0.25) is 0 Å². The minimum atomic E-state index is -3.58. The molecule has 5 nitrogen and oxygen atoms in total. The van der Waals surface area contributed by atoms with E-state index in [9.17, 15) is 8.42 Å². The van der Waals surface area contributed by atoms with Gasteiger partial charge in [0.05, 0.1) is 12.5 Å². The maximum absolute atomic E-state index is 12.3. The van der Waals surface area contributed by atoms with E-state index in [1.165, 1.54) is 10.4 Å². The van der Waals surface area contributed by atoms with Gasteiger partial charge < -0.3 is 9.15 Å². The second-order valence-corrected chi connectivity index (χ2v) is 6.97. The highest BCUT2D eigenvalue weighted by molar-refractivity contribution is 7.89. The fourth-order valence-corrected chi connectivity index (χ4v) is 3.45. The Morgan fingerprint density at radius 2 is 2.26 bits per heavy atom. The second kappa shape index (κ2) is 6.26. The number of hydrogen-bond donors (Lipinski definition) is 0. The fraction of sp³-hybridized carbons (Fsp3) is 0.667. The van der Waals surface area contributed by atoms with Crippen molar-refractivity contribution in [2.24, 2.45) is 5.92 Å². The van der Waals surface area contributed by atoms with Crippen LogP contribution in [0.4, 0.5) is 0 Å². The lowest BCUT2D eigenvalue weighted by Crippen LogP contribution is -2.34. The molecule has 1 atom stereocenters. The van der Waals surface area contributed by atoms with Crippen LogP contribution in [-0.2, 0) is 20.6 Å². The zero-order chi connectivity index (χ0) is 13.9. The van der Waals surface area contributed by atoms with Gasteiger partial charge in [-0.2, -0.15) is 4.31 Å². The SMILES string of the molecule is CN(CC1CCCOC1)S(=O)(=O)c1ccc(CCl)o1. The molecule has 2 heterocycles. The highest BCUT2D eigenvalue weighted by Crippen LogP contribution is 2.21. The first-order chi connectivity index (χ1) is 9.04. The van der Waals surface area contributed by atoms with Gasteiger partial charge in [0.25, 0.3) is 10.0 Å². The number of ether oxygens (including phenoxy) is 1. The number of sulfonamides is 1. The van der Waals surface area contributed by atoms with Crippen LogP contribution in [0.25, 0.3) is 0 Å². The number of furan rings is 1. The van der Waals surface area contributed by atoms with Crippen LogP contribution in [0, 0.1) is 5.92 Å². The molecule has 0 N–H and O–H groups in total. The van der Waals surface area contributed by atoms with Crippen LogP contribution in [0.15, 0.2) is 21.6 Å². The Morgan fingerprint density at radius 3 is 2.84 bits per heavy atom. The lowest BCUT2D eigenvalue weighted by molar-refractivity contribution is 0.0494. The molecule has 1 aromatic heterocycles. The van der Waals surface area contributed by atoms with Gasteiger partial charge in [-0.15, -0.1) is 11.6 Å². The summed E-state index contributed by atoms with van der Waals surface area (Å²) in [7, 11) is -2.01. The Labute approximate surface area is 118 Å². The quantitative estimate of drug-likeness (QED) is 0.781. The Balaban J connectivity index is 2.05. The van der Waals surface area contributed by atoms with Crippen LogP contribution in [0.2, 0.25) is 0 Å². The smallest absolute Gasteiger partial charge is 0.276 e. The third kappa shape index (κ3) is 3.51. The summed E-state index contributed by atoms with van der Waals surface area (Å²) >= 11 is 5.61. The molecule has 0 radical (unpaired) electrons. The summed E-state index contributed by atoms with van der Waals surface area (Å²) < 4.78 is 36.5. The lowest BCUT2D eigenvalue weighted by atomic mass is 10.0. The molecule has 0 bridgehead atoms. The average Bonchev–Trinajstić information content (AvgIpc) is 2.89. The Morgan fingerprint density at radius 1 is 1.47 bits per heavy atom. The maximum atomic E-state index is 12.3. The summed E-state index contributed by atoms with van der Waals surface area (Å²) in [5.41, 5.74) is 0. The van der Waals surface area contributed by atoms with Crippen LogP contribution in [0.3, 0.4) is 0 Å². The monoisotopic (exact) mass is 307 g/mol. The van der Waals surface area contributed by atoms with Crippen LogP contribution < -0.4 is 0 Å². The van der Waals surface area contributed by atoms with Gasteiger partial charge >= 0.3 is 0 Å². The van der Waals surface area contributed by atoms with E-state index in [0.29, 0.717) is 18.9 Å². The van der Waals surface area contributed by atoms with Crippen molar-refractivity contribution in [2.75, 3.05) is 26.8 Å². The molecule has 1 saturated heterocycles. The van der Waals surface area contributed by atoms with Crippen molar-refractivity contribution in [1.29, 1.82) is 0 Å². The van der Waals surface area contributed by atoms with Gasteiger partial charge in [0.2, 0.25) is 5.09 Å². The number of hydrogen-bond acceptors (Lipinski definition) is 4. The second-order valence-electron chi connectivity index (χ2n) is 4.72. The van der Waals surface area contributed by atoms with E-state index in [1.807, 2.05) is 0 Å². The molecular weight excluding hydrogens is 290 g/mol. The van der Waals surface area contributed by atoms with Crippen molar-refractivity contribution in [3.63, 3.8) is 0 Å². The van der Waals surface area contributed by atoms with E-state index in [-0.39, 0.29) is 16.9 Å². The molecule has 108 valence electrons. The van der Waals surface area contributed by atoms with Gasteiger partial charge in [-0.25, -0.2) is 8.42 Å². The van der Waals surface area contributed by atoms with E-state index in [1.54, 1.807) is 13.1 Å². The first kappa shape index (κ1) is 14.8. The molecule has 0 aliphatic carbocycles. The van der Waals surface area contributed by atoms with Gasteiger partial charge in [0.1, 0.15) is 5.76 Å². The summed E-state index contributed by atoms with van der Waals surface area (Å²) in [4.78, 5) is 0. The van der Waals surface area contributed by atoms with Crippen LogP contribution in [0.5, 0.6) is 0 Å². The predicted molar refractivity (Wildman–Crippen MR) is 71.6 cm³/mol. The number of rotatable bonds is 5. The molecule has 19 heavy (non-hydrogen) atoms. The third-order valence-corrected chi connectivity index (χ3v) is 5.16. The van der Waals surface area contributed by atoms with Crippen molar-refractivity contribution < 1.29 is 17.6 Å². The van der Waals surface area contributed by atoms with Gasteiger partial charge in [-0.1, -0.05) is 0 Å². The molecule has 0 aromatic carbocycles. The Kier molecular flexibility index (Phi) is 4.89. The fourth-order valence-electron chi connectivity index (χ4n) is 2.14. The Bertz CT molecular complexity index is 508. The minimum absolute atomic E-state index is 0.0534. The summed E-state index contributed by atoms with van der Waals surface area (Å²) in [5.74, 6) is 0.862. The number of nitrogens with zero attached hydrogens (tertiary/aromatic N) is 1. The van der Waals surface area contributed by atoms with Crippen molar-refractivity contribution in [2.45, 2.75) is 23.8 Å². The van der Waals surface area contributed by atoms with E-state index in [4.69, 9.17) is 20.8 Å². The Hall–Kier alpha value is -0.560. The van der Waals surface area contributed by atoms with Crippen molar-refractivity contribution in [3.05, 3.63) is 17.9 Å². The zero-order valence-electron chi connectivity index (χ0n) is 10.8. The third-order valence-electron chi connectivity index (χ3n) is 3.20. The summed E-state index contributed by atoms with van der Waals surface area (Å²) in [6.45, 7) is 1.83. The first-order valence-corrected chi connectivity index (χ1v) is 8.20. The summed E-state index contributed by atoms with van der Waals surface area (Å²) in [5, 5.41) is -0.0534. The van der Waals surface area contributed by atoms with E-state index in [0.717, 1.165) is 19.4 Å². The van der Waals surface area contributed by atoms with Gasteiger partial charge in [0, 0.05) is 20.2 Å². The topological polar surface area (TPSA) is 59.8 Å². The van der Waals surface area contributed by atoms with Crippen molar-refractivity contribution in [1.82, 2.24) is 4.31 Å².